The summed E-state index contributed by atoms with van der Waals surface area (Å²) in [5.74, 6) is 0.0189. The van der Waals surface area contributed by atoms with Crippen LogP contribution in [0.15, 0.2) is 48.5 Å². The minimum atomic E-state index is -0.847. The molecule has 1 heterocycles. The molecular formula is C22H23NO3. The highest BCUT2D eigenvalue weighted by molar-refractivity contribution is 6.13. The molecule has 0 aromatic heterocycles. The molecule has 1 aliphatic carbocycles. The monoisotopic (exact) mass is 349 g/mol. The van der Waals surface area contributed by atoms with Gasteiger partial charge in [-0.2, -0.15) is 0 Å². The van der Waals surface area contributed by atoms with Gasteiger partial charge in [-0.3, -0.25) is 9.69 Å². The van der Waals surface area contributed by atoms with Gasteiger partial charge < -0.3 is 4.74 Å². The molecule has 4 heteroatoms. The number of carbonyl (C=O) groups excluding carboxylic acids is 2. The smallest absolute Gasteiger partial charge is 0.411 e. The molecule has 2 aromatic carbocycles. The van der Waals surface area contributed by atoms with Gasteiger partial charge in [0.05, 0.1) is 6.04 Å². The minimum Gasteiger partial charge on any atom is -0.444 e. The molecule has 2 aromatic rings. The molecule has 0 bridgehead atoms. The number of carbonyl (C=O) groups is 2. The van der Waals surface area contributed by atoms with Crippen molar-refractivity contribution in [2.75, 3.05) is 0 Å². The highest BCUT2D eigenvalue weighted by Crippen LogP contribution is 2.60. The Morgan fingerprint density at radius 1 is 1.15 bits per heavy atom. The number of Topliss-reactive ketones (excluding diaryl/α,β-unsaturated/α-hetero) is 1. The molecule has 26 heavy (non-hydrogen) atoms. The van der Waals surface area contributed by atoms with Crippen LogP contribution in [0.25, 0.3) is 0 Å². The highest BCUT2D eigenvalue weighted by Gasteiger charge is 2.73. The summed E-state index contributed by atoms with van der Waals surface area (Å²) in [7, 11) is 0. The fraction of sp³-hybridized carbons (Fsp3) is 0.364. The molecule has 0 saturated carbocycles. The Balaban J connectivity index is 1.77. The van der Waals surface area contributed by atoms with Gasteiger partial charge in [-0.1, -0.05) is 54.1 Å². The SMILES string of the molecule is Cc1cccc([C@@H]2N(C(=O)OC(C)(C)C)[C@]23Cc2ccccc2C3=O)c1. The van der Waals surface area contributed by atoms with Crippen molar-refractivity contribution in [2.24, 2.45) is 0 Å². The van der Waals surface area contributed by atoms with E-state index in [9.17, 15) is 9.59 Å². The fourth-order valence-corrected chi connectivity index (χ4v) is 4.09. The zero-order valence-electron chi connectivity index (χ0n) is 15.6. The summed E-state index contributed by atoms with van der Waals surface area (Å²) in [6.07, 6.45) is 0.116. The molecule has 4 rings (SSSR count). The first-order chi connectivity index (χ1) is 12.2. The van der Waals surface area contributed by atoms with E-state index in [0.29, 0.717) is 6.42 Å². The third-order valence-corrected chi connectivity index (χ3v) is 5.14. The second-order valence-electron chi connectivity index (χ2n) is 8.25. The van der Waals surface area contributed by atoms with Gasteiger partial charge >= 0.3 is 6.09 Å². The van der Waals surface area contributed by atoms with Crippen LogP contribution in [0, 0.1) is 6.92 Å². The first-order valence-corrected chi connectivity index (χ1v) is 8.96. The average Bonchev–Trinajstić information content (AvgIpc) is 3.13. The summed E-state index contributed by atoms with van der Waals surface area (Å²) in [5.41, 5.74) is 2.36. The molecule has 0 N–H and O–H groups in total. The Morgan fingerprint density at radius 2 is 1.88 bits per heavy atom. The van der Waals surface area contributed by atoms with Crippen molar-refractivity contribution in [1.29, 1.82) is 0 Å². The Morgan fingerprint density at radius 3 is 2.54 bits per heavy atom. The maximum absolute atomic E-state index is 13.3. The Bertz CT molecular complexity index is 912. The van der Waals surface area contributed by atoms with Crippen LogP contribution in [0.5, 0.6) is 0 Å². The number of aryl methyl sites for hydroxylation is 1. The van der Waals surface area contributed by atoms with Gasteiger partial charge in [-0.25, -0.2) is 4.79 Å². The quantitative estimate of drug-likeness (QED) is 0.714. The Kier molecular flexibility index (Phi) is 3.52. The molecule has 1 aliphatic heterocycles. The van der Waals surface area contributed by atoms with Crippen LogP contribution in [0.1, 0.15) is 53.9 Å². The van der Waals surface area contributed by atoms with Crippen molar-refractivity contribution in [1.82, 2.24) is 4.90 Å². The van der Waals surface area contributed by atoms with Crippen LogP contribution >= 0.6 is 0 Å². The van der Waals surface area contributed by atoms with Crippen LogP contribution in [0.3, 0.4) is 0 Å². The van der Waals surface area contributed by atoms with Gasteiger partial charge in [0.1, 0.15) is 11.1 Å². The second kappa shape index (κ2) is 5.44. The number of hydrogen-bond donors (Lipinski definition) is 0. The van der Waals surface area contributed by atoms with Crippen LogP contribution < -0.4 is 0 Å². The van der Waals surface area contributed by atoms with Gasteiger partial charge in [-0.05, 0) is 38.8 Å². The van der Waals surface area contributed by atoms with Crippen molar-refractivity contribution in [3.63, 3.8) is 0 Å². The lowest BCUT2D eigenvalue weighted by atomic mass is 9.95. The first-order valence-electron chi connectivity index (χ1n) is 8.96. The zero-order chi connectivity index (χ0) is 18.7. The van der Waals surface area contributed by atoms with E-state index in [2.05, 4.69) is 0 Å². The van der Waals surface area contributed by atoms with E-state index in [1.54, 1.807) is 4.90 Å². The van der Waals surface area contributed by atoms with Crippen molar-refractivity contribution >= 4 is 11.9 Å². The van der Waals surface area contributed by atoms with E-state index in [4.69, 9.17) is 4.74 Å². The molecule has 4 nitrogen and oxygen atoms in total. The number of rotatable bonds is 1. The number of fused-ring (bicyclic) bond motifs is 1. The zero-order valence-corrected chi connectivity index (χ0v) is 15.6. The van der Waals surface area contributed by atoms with Crippen LogP contribution in [0.4, 0.5) is 4.79 Å². The molecule has 134 valence electrons. The largest absolute Gasteiger partial charge is 0.444 e. The van der Waals surface area contributed by atoms with E-state index in [-0.39, 0.29) is 11.8 Å². The Labute approximate surface area is 153 Å². The number of ketones is 1. The second-order valence-corrected chi connectivity index (χ2v) is 8.25. The molecule has 1 amide bonds. The number of amides is 1. The standard InChI is InChI=1S/C22H23NO3/c1-14-8-7-10-15(12-14)18-22(23(18)20(25)26-21(2,3)4)13-16-9-5-6-11-17(16)19(22)24/h5-12,18H,13H2,1-4H3/t18-,22+,23?/m0/s1. The Hall–Kier alpha value is -2.62. The molecule has 0 radical (unpaired) electrons. The van der Waals surface area contributed by atoms with Crippen LogP contribution in [-0.2, 0) is 11.2 Å². The summed E-state index contributed by atoms with van der Waals surface area (Å²) in [5, 5.41) is 0. The predicted molar refractivity (Wildman–Crippen MR) is 99.2 cm³/mol. The summed E-state index contributed by atoms with van der Waals surface area (Å²) in [4.78, 5) is 27.8. The van der Waals surface area contributed by atoms with Crippen molar-refractivity contribution in [2.45, 2.75) is 51.3 Å². The lowest BCUT2D eigenvalue weighted by Gasteiger charge is -2.21. The number of ether oxygens (including phenoxy) is 1. The number of nitrogens with zero attached hydrogens (tertiary/aromatic N) is 1. The number of hydrogen-bond acceptors (Lipinski definition) is 3. The molecular weight excluding hydrogens is 326 g/mol. The van der Waals surface area contributed by atoms with E-state index >= 15 is 0 Å². The lowest BCUT2D eigenvalue weighted by molar-refractivity contribution is 0.0364. The molecule has 0 unspecified atom stereocenters. The fourth-order valence-electron chi connectivity index (χ4n) is 4.09. The molecule has 1 spiro atoms. The maximum Gasteiger partial charge on any atom is 0.411 e. The molecule has 2 atom stereocenters. The van der Waals surface area contributed by atoms with Crippen molar-refractivity contribution in [3.05, 3.63) is 70.8 Å². The highest BCUT2D eigenvalue weighted by atomic mass is 16.6. The van der Waals surface area contributed by atoms with Crippen LogP contribution in [0.2, 0.25) is 0 Å². The third-order valence-electron chi connectivity index (χ3n) is 5.14. The van der Waals surface area contributed by atoms with Gasteiger partial charge in [0.15, 0.2) is 5.78 Å². The number of benzene rings is 2. The third kappa shape index (κ3) is 2.44. The maximum atomic E-state index is 13.3. The predicted octanol–water partition coefficient (Wildman–Crippen LogP) is 4.46. The lowest BCUT2D eigenvalue weighted by Crippen LogP contribution is -2.33. The summed E-state index contributed by atoms with van der Waals surface area (Å²) >= 11 is 0. The minimum absolute atomic E-state index is 0.0189. The molecule has 1 saturated heterocycles. The van der Waals surface area contributed by atoms with Crippen molar-refractivity contribution < 1.29 is 14.3 Å². The van der Waals surface area contributed by atoms with E-state index < -0.39 is 17.2 Å². The summed E-state index contributed by atoms with van der Waals surface area (Å²) in [6, 6.07) is 15.4. The van der Waals surface area contributed by atoms with Gasteiger partial charge in [0.2, 0.25) is 0 Å². The average molecular weight is 349 g/mol. The normalized spacial score (nSPS) is 23.9. The molecule has 1 fully saturated rings. The van der Waals surface area contributed by atoms with Gasteiger partial charge in [0.25, 0.3) is 0 Å². The topological polar surface area (TPSA) is 46.4 Å². The summed E-state index contributed by atoms with van der Waals surface area (Å²) in [6.45, 7) is 7.54. The van der Waals surface area contributed by atoms with Crippen LogP contribution in [-0.4, -0.2) is 27.9 Å². The molecule has 2 aliphatic rings. The van der Waals surface area contributed by atoms with E-state index in [1.165, 1.54) is 0 Å². The van der Waals surface area contributed by atoms with Gasteiger partial charge in [-0.15, -0.1) is 0 Å². The van der Waals surface area contributed by atoms with Gasteiger partial charge in [0, 0.05) is 12.0 Å². The van der Waals surface area contributed by atoms with E-state index in [0.717, 1.165) is 22.3 Å². The van der Waals surface area contributed by atoms with Crippen molar-refractivity contribution in [3.8, 4) is 0 Å². The van der Waals surface area contributed by atoms with E-state index in [1.807, 2.05) is 76.2 Å². The summed E-state index contributed by atoms with van der Waals surface area (Å²) < 4.78 is 5.61. The first kappa shape index (κ1) is 16.8.